The third-order valence-corrected chi connectivity index (χ3v) is 4.60. The average molecular weight is 343 g/mol. The molecule has 0 atom stereocenters. The van der Waals surface area contributed by atoms with Gasteiger partial charge in [0.15, 0.2) is 0 Å². The molecule has 19 heavy (non-hydrogen) atoms. The van der Waals surface area contributed by atoms with Crippen molar-refractivity contribution in [2.24, 2.45) is 0 Å². The Morgan fingerprint density at radius 2 is 2.21 bits per heavy atom. The molecule has 2 aromatic rings. The van der Waals surface area contributed by atoms with E-state index < -0.39 is 4.92 Å². The van der Waals surface area contributed by atoms with Crippen LogP contribution in [0.2, 0.25) is 0 Å². The zero-order chi connectivity index (χ0) is 14.0. The van der Waals surface area contributed by atoms with Crippen molar-refractivity contribution in [3.8, 4) is 0 Å². The zero-order valence-corrected chi connectivity index (χ0v) is 12.7. The fraction of sp³-hybridized carbons (Fsp3) is 0.273. The number of thiazole rings is 1. The van der Waals surface area contributed by atoms with Gasteiger partial charge in [-0.2, -0.15) is 0 Å². The van der Waals surface area contributed by atoms with E-state index in [9.17, 15) is 10.1 Å². The Morgan fingerprint density at radius 3 is 2.79 bits per heavy atom. The quantitative estimate of drug-likeness (QED) is 0.679. The highest BCUT2D eigenvalue weighted by Gasteiger charge is 2.17. The minimum atomic E-state index is -0.440. The topological polar surface area (TPSA) is 81.0 Å². The summed E-state index contributed by atoms with van der Waals surface area (Å²) in [6, 6.07) is 0. The summed E-state index contributed by atoms with van der Waals surface area (Å²) < 4.78 is 0.615. The number of pyridine rings is 1. The number of aromatic nitrogens is 2. The van der Waals surface area contributed by atoms with Crippen molar-refractivity contribution in [1.82, 2.24) is 9.97 Å². The van der Waals surface area contributed by atoms with Crippen molar-refractivity contribution in [2.75, 3.05) is 5.32 Å². The second kappa shape index (κ2) is 5.62. The van der Waals surface area contributed by atoms with Crippen LogP contribution < -0.4 is 5.32 Å². The molecular weight excluding hydrogens is 332 g/mol. The maximum absolute atomic E-state index is 10.8. The van der Waals surface area contributed by atoms with Crippen molar-refractivity contribution in [3.05, 3.63) is 42.4 Å². The van der Waals surface area contributed by atoms with Crippen LogP contribution in [-0.4, -0.2) is 14.9 Å². The van der Waals surface area contributed by atoms with Gasteiger partial charge in [0.2, 0.25) is 0 Å². The van der Waals surface area contributed by atoms with Crippen molar-refractivity contribution < 1.29 is 4.92 Å². The number of nitro groups is 1. The predicted octanol–water partition coefficient (Wildman–Crippen LogP) is 3.44. The summed E-state index contributed by atoms with van der Waals surface area (Å²) >= 11 is 4.90. The molecule has 0 saturated carbocycles. The number of hydrogen-bond donors (Lipinski definition) is 1. The standard InChI is InChI=1S/C11H11BrN4O2S/c1-6-8(16(17)18)3-13-11(10(6)12)14-4-9-7(2)15-5-19-9/h3,5H,4H2,1-2H3,(H,13,14). The first-order chi connectivity index (χ1) is 9.00. The lowest BCUT2D eigenvalue weighted by Crippen LogP contribution is -2.04. The molecule has 0 fully saturated rings. The number of aryl methyl sites for hydroxylation is 1. The highest BCUT2D eigenvalue weighted by atomic mass is 79.9. The number of hydrogen-bond acceptors (Lipinski definition) is 6. The lowest BCUT2D eigenvalue weighted by atomic mass is 10.2. The fourth-order valence-electron chi connectivity index (χ4n) is 1.54. The van der Waals surface area contributed by atoms with Gasteiger partial charge < -0.3 is 5.32 Å². The first-order valence-electron chi connectivity index (χ1n) is 5.43. The van der Waals surface area contributed by atoms with Crippen LogP contribution in [0.1, 0.15) is 16.1 Å². The molecular formula is C11H11BrN4O2S. The SMILES string of the molecule is Cc1ncsc1CNc1ncc([N+](=O)[O-])c(C)c1Br. The third-order valence-electron chi connectivity index (χ3n) is 2.70. The zero-order valence-electron chi connectivity index (χ0n) is 10.3. The van der Waals surface area contributed by atoms with E-state index in [1.165, 1.54) is 6.20 Å². The van der Waals surface area contributed by atoms with Gasteiger partial charge in [-0.3, -0.25) is 10.1 Å². The van der Waals surface area contributed by atoms with Crippen LogP contribution in [0.15, 0.2) is 16.2 Å². The summed E-state index contributed by atoms with van der Waals surface area (Å²) in [6.45, 7) is 4.23. The van der Waals surface area contributed by atoms with Crippen LogP contribution in [-0.2, 0) is 6.54 Å². The summed E-state index contributed by atoms with van der Waals surface area (Å²) in [4.78, 5) is 19.7. The Balaban J connectivity index is 2.20. The minimum absolute atomic E-state index is 0.00592. The maximum atomic E-state index is 10.8. The molecule has 2 heterocycles. The summed E-state index contributed by atoms with van der Waals surface area (Å²) in [5, 5.41) is 13.9. The molecule has 2 rings (SSSR count). The van der Waals surface area contributed by atoms with Crippen molar-refractivity contribution >= 4 is 38.8 Å². The summed E-state index contributed by atoms with van der Waals surface area (Å²) in [5.41, 5.74) is 3.33. The van der Waals surface area contributed by atoms with Gasteiger partial charge in [0.1, 0.15) is 12.0 Å². The van der Waals surface area contributed by atoms with Gasteiger partial charge >= 0.3 is 0 Å². The lowest BCUT2D eigenvalue weighted by molar-refractivity contribution is -0.385. The van der Waals surface area contributed by atoms with E-state index in [0.717, 1.165) is 10.6 Å². The minimum Gasteiger partial charge on any atom is -0.364 e. The van der Waals surface area contributed by atoms with Crippen molar-refractivity contribution in [1.29, 1.82) is 0 Å². The van der Waals surface area contributed by atoms with E-state index in [2.05, 4.69) is 31.2 Å². The van der Waals surface area contributed by atoms with Crippen LogP contribution in [0.3, 0.4) is 0 Å². The monoisotopic (exact) mass is 342 g/mol. The molecule has 0 aromatic carbocycles. The molecule has 2 aromatic heterocycles. The van der Waals surface area contributed by atoms with Crippen LogP contribution in [0.4, 0.5) is 11.5 Å². The predicted molar refractivity (Wildman–Crippen MR) is 77.5 cm³/mol. The van der Waals surface area contributed by atoms with Gasteiger partial charge in [-0.15, -0.1) is 11.3 Å². The summed E-state index contributed by atoms with van der Waals surface area (Å²) in [7, 11) is 0. The van der Waals surface area contributed by atoms with Crippen LogP contribution in [0.5, 0.6) is 0 Å². The van der Waals surface area contributed by atoms with Crippen molar-refractivity contribution in [3.63, 3.8) is 0 Å². The van der Waals surface area contributed by atoms with Gasteiger partial charge in [0.25, 0.3) is 5.69 Å². The highest BCUT2D eigenvalue weighted by molar-refractivity contribution is 9.10. The van der Waals surface area contributed by atoms with E-state index in [1.807, 2.05) is 6.92 Å². The van der Waals surface area contributed by atoms with Gasteiger partial charge in [0, 0.05) is 10.4 Å². The second-order valence-electron chi connectivity index (χ2n) is 3.90. The van der Waals surface area contributed by atoms with Gasteiger partial charge in [-0.25, -0.2) is 9.97 Å². The molecule has 0 aliphatic carbocycles. The molecule has 0 unspecified atom stereocenters. The number of nitrogens with zero attached hydrogens (tertiary/aromatic N) is 3. The van der Waals surface area contributed by atoms with Gasteiger partial charge in [-0.1, -0.05) is 0 Å². The number of halogens is 1. The Morgan fingerprint density at radius 1 is 1.47 bits per heavy atom. The molecule has 0 spiro atoms. The molecule has 0 aliphatic heterocycles. The van der Waals surface area contributed by atoms with Gasteiger partial charge in [-0.05, 0) is 29.8 Å². The number of anilines is 1. The van der Waals surface area contributed by atoms with Crippen LogP contribution in [0.25, 0.3) is 0 Å². The molecule has 1 N–H and O–H groups in total. The first-order valence-corrected chi connectivity index (χ1v) is 7.10. The summed E-state index contributed by atoms with van der Waals surface area (Å²) in [5.74, 6) is 0.593. The molecule has 100 valence electrons. The van der Waals surface area contributed by atoms with Crippen LogP contribution >= 0.6 is 27.3 Å². The molecule has 0 bridgehead atoms. The Labute approximate surface area is 122 Å². The largest absolute Gasteiger partial charge is 0.364 e. The molecule has 0 aliphatic rings. The Bertz CT molecular complexity index is 629. The lowest BCUT2D eigenvalue weighted by Gasteiger charge is -2.08. The highest BCUT2D eigenvalue weighted by Crippen LogP contribution is 2.30. The maximum Gasteiger partial charge on any atom is 0.291 e. The molecule has 6 nitrogen and oxygen atoms in total. The first kappa shape index (κ1) is 13.9. The Hall–Kier alpha value is -1.54. The third kappa shape index (κ3) is 2.90. The van der Waals surface area contributed by atoms with Gasteiger partial charge in [0.05, 0.1) is 27.1 Å². The molecule has 8 heteroatoms. The van der Waals surface area contributed by atoms with E-state index in [4.69, 9.17) is 0 Å². The molecule has 0 saturated heterocycles. The van der Waals surface area contributed by atoms with E-state index >= 15 is 0 Å². The van der Waals surface area contributed by atoms with Crippen molar-refractivity contribution in [2.45, 2.75) is 20.4 Å². The smallest absolute Gasteiger partial charge is 0.291 e. The van der Waals surface area contributed by atoms with E-state index in [1.54, 1.807) is 23.8 Å². The normalized spacial score (nSPS) is 10.5. The van der Waals surface area contributed by atoms with E-state index in [-0.39, 0.29) is 5.69 Å². The average Bonchev–Trinajstić information content (AvgIpc) is 2.76. The second-order valence-corrected chi connectivity index (χ2v) is 5.63. The van der Waals surface area contributed by atoms with E-state index in [0.29, 0.717) is 22.4 Å². The fourth-order valence-corrected chi connectivity index (χ4v) is 2.70. The number of nitrogens with one attached hydrogen (secondary N) is 1. The number of rotatable bonds is 4. The summed E-state index contributed by atoms with van der Waals surface area (Å²) in [6.07, 6.45) is 1.27. The van der Waals surface area contributed by atoms with Crippen LogP contribution in [0, 0.1) is 24.0 Å². The molecule has 0 radical (unpaired) electrons. The Kier molecular flexibility index (Phi) is 4.11. The molecule has 0 amide bonds.